The lowest BCUT2D eigenvalue weighted by Gasteiger charge is -2.56. The van der Waals surface area contributed by atoms with E-state index in [0.29, 0.717) is 17.2 Å². The molecule has 9 heteroatoms. The second kappa shape index (κ2) is 15.3. The van der Waals surface area contributed by atoms with Gasteiger partial charge in [0.1, 0.15) is 0 Å². The molecule has 9 rings (SSSR count). The third-order valence-corrected chi connectivity index (χ3v) is 13.1. The monoisotopic (exact) mass is 732 g/mol. The van der Waals surface area contributed by atoms with Crippen LogP contribution in [0.4, 0.5) is 4.79 Å². The summed E-state index contributed by atoms with van der Waals surface area (Å²) in [4.78, 5) is 25.8. The zero-order chi connectivity index (χ0) is 36.5. The van der Waals surface area contributed by atoms with E-state index in [2.05, 4.69) is 41.8 Å². The number of carboxylic acid groups (broad SMARTS) is 1. The van der Waals surface area contributed by atoms with Crippen LogP contribution in [0, 0.1) is 23.7 Å². The Balaban J connectivity index is 0.978. The number of amides is 2. The van der Waals surface area contributed by atoms with E-state index in [-0.39, 0.29) is 41.9 Å². The molecule has 276 valence electrons. The van der Waals surface area contributed by atoms with Crippen molar-refractivity contribution >= 4 is 23.8 Å². The van der Waals surface area contributed by atoms with Crippen molar-refractivity contribution in [3.63, 3.8) is 0 Å². The van der Waals surface area contributed by atoms with Gasteiger partial charge in [-0.1, -0.05) is 79.7 Å². The van der Waals surface area contributed by atoms with Crippen LogP contribution < -0.4 is 10.6 Å². The first kappa shape index (κ1) is 35.9. The predicted molar refractivity (Wildman–Crippen MR) is 205 cm³/mol. The minimum Gasteiger partial charge on any atom is -0.478 e. The van der Waals surface area contributed by atoms with E-state index in [1.807, 2.05) is 60.7 Å². The molecule has 1 aliphatic heterocycles. The minimum absolute atomic E-state index is 0.0231. The molecule has 4 unspecified atom stereocenters. The average molecular weight is 733 g/mol. The van der Waals surface area contributed by atoms with Gasteiger partial charge in [-0.3, -0.25) is 0 Å². The fourth-order valence-corrected chi connectivity index (χ4v) is 10.9. The molecule has 2 amide bonds. The molecular formula is C44H48N2O6S. The van der Waals surface area contributed by atoms with E-state index in [1.54, 1.807) is 12.1 Å². The minimum atomic E-state index is -0.953. The highest BCUT2D eigenvalue weighted by molar-refractivity contribution is 7.99. The summed E-state index contributed by atoms with van der Waals surface area (Å²) in [5.74, 6) is 1.88. The highest BCUT2D eigenvalue weighted by atomic mass is 32.2. The molecule has 0 radical (unpaired) electrons. The molecule has 1 heterocycles. The van der Waals surface area contributed by atoms with Crippen LogP contribution in [0.15, 0.2) is 102 Å². The van der Waals surface area contributed by atoms with Crippen LogP contribution in [0.1, 0.15) is 90.5 Å². The maximum Gasteiger partial charge on any atom is 0.336 e. The lowest BCUT2D eigenvalue weighted by Crippen LogP contribution is -2.61. The Morgan fingerprint density at radius 3 is 2.17 bits per heavy atom. The highest BCUT2D eigenvalue weighted by Gasteiger charge is 2.51. The number of nitrogens with one attached hydrogen (secondary N) is 2. The summed E-state index contributed by atoms with van der Waals surface area (Å²) in [5, 5.41) is 26.0. The van der Waals surface area contributed by atoms with Crippen LogP contribution in [-0.4, -0.2) is 39.6 Å². The number of urea groups is 1. The van der Waals surface area contributed by atoms with Crippen molar-refractivity contribution in [2.24, 2.45) is 23.7 Å². The van der Waals surface area contributed by atoms with Gasteiger partial charge in [-0.15, -0.1) is 11.8 Å². The molecule has 5 fully saturated rings. The number of carboxylic acids is 1. The van der Waals surface area contributed by atoms with E-state index in [4.69, 9.17) is 9.47 Å². The van der Waals surface area contributed by atoms with Crippen LogP contribution in [0.2, 0.25) is 0 Å². The number of thioether (sulfide) groups is 1. The lowest BCUT2D eigenvalue weighted by molar-refractivity contribution is -0.268. The molecule has 4 aromatic rings. The van der Waals surface area contributed by atoms with Crippen LogP contribution in [0.25, 0.3) is 11.1 Å². The summed E-state index contributed by atoms with van der Waals surface area (Å²) in [6, 6.07) is 31.3. The number of aromatic carboxylic acids is 1. The van der Waals surface area contributed by atoms with E-state index in [9.17, 15) is 19.8 Å². The molecule has 53 heavy (non-hydrogen) atoms. The second-order valence-corrected chi connectivity index (χ2v) is 16.8. The molecule has 1 saturated heterocycles. The molecular weight excluding hydrogens is 685 g/mol. The quantitative estimate of drug-likeness (QED) is 0.114. The van der Waals surface area contributed by atoms with Crippen molar-refractivity contribution in [1.82, 2.24) is 10.6 Å². The summed E-state index contributed by atoms with van der Waals surface area (Å²) in [6.07, 6.45) is 6.22. The Bertz CT molecular complexity index is 1910. The Morgan fingerprint density at radius 1 is 0.792 bits per heavy atom. The zero-order valence-electron chi connectivity index (χ0n) is 30.1. The number of hydrogen-bond acceptors (Lipinski definition) is 6. The van der Waals surface area contributed by atoms with Gasteiger partial charge in [-0.05, 0) is 108 Å². The third-order valence-electron chi connectivity index (χ3n) is 11.9. The van der Waals surface area contributed by atoms with E-state index >= 15 is 0 Å². The molecule has 4 aromatic carbocycles. The molecule has 8 nitrogen and oxygen atoms in total. The van der Waals surface area contributed by atoms with Crippen molar-refractivity contribution < 1.29 is 29.3 Å². The molecule has 0 spiro atoms. The number of carbonyl (C=O) groups is 2. The Kier molecular flexibility index (Phi) is 10.4. The van der Waals surface area contributed by atoms with E-state index in [0.717, 1.165) is 70.4 Å². The Labute approximate surface area is 315 Å². The molecule has 5 aliphatic rings. The second-order valence-electron chi connectivity index (χ2n) is 15.8. The van der Waals surface area contributed by atoms with Gasteiger partial charge in [-0.25, -0.2) is 9.59 Å². The van der Waals surface area contributed by atoms with Crippen molar-refractivity contribution in [2.75, 3.05) is 5.75 Å². The van der Waals surface area contributed by atoms with Gasteiger partial charge < -0.3 is 30.3 Å². The van der Waals surface area contributed by atoms with Crippen molar-refractivity contribution in [2.45, 2.75) is 87.5 Å². The Hall–Kier alpha value is -4.15. The third kappa shape index (κ3) is 7.90. The number of aliphatic hydroxyl groups excluding tert-OH is 1. The number of ether oxygens (including phenoxy) is 2. The molecule has 4 N–H and O–H groups in total. The van der Waals surface area contributed by atoms with Gasteiger partial charge in [-0.2, -0.15) is 0 Å². The SMILES string of the molecule is CC1C(CSc2ccccc2C(=O)O)OC(c2cccc(-c3cccc(CNC(=O)NC45CC6CC(CC(C6)C4)C5)c3)c2)OC1c1ccc(CO)cc1. The van der Waals surface area contributed by atoms with Crippen LogP contribution >= 0.6 is 11.8 Å². The van der Waals surface area contributed by atoms with Gasteiger partial charge in [0.2, 0.25) is 0 Å². The number of hydrogen-bond donors (Lipinski definition) is 4. The standard InChI is InChI=1S/C44H48N2O6S/c1-27-38(26-53-39-11-3-2-10-37(39)41(48)49)51-42(52-40(27)33-14-12-28(25-47)13-15-33)36-9-5-8-35(20-36)34-7-4-6-29(19-34)24-45-43(50)46-44-21-30-16-31(22-44)18-32(17-30)23-44/h2-15,19-20,27,30-32,38,40,42,47H,16-18,21-26H2,1H3,(H,48,49)(H2,45,46,50). The molecule has 4 saturated carbocycles. The normalized spacial score (nSPS) is 28.8. The first-order valence-electron chi connectivity index (χ1n) is 19.0. The van der Waals surface area contributed by atoms with Crippen LogP contribution in [0.5, 0.6) is 0 Å². The molecule has 4 atom stereocenters. The maximum atomic E-state index is 13.2. The Morgan fingerprint density at radius 2 is 1.47 bits per heavy atom. The summed E-state index contributed by atoms with van der Waals surface area (Å²) >= 11 is 1.48. The average Bonchev–Trinajstić information content (AvgIpc) is 3.16. The summed E-state index contributed by atoms with van der Waals surface area (Å²) < 4.78 is 13.4. The zero-order valence-corrected chi connectivity index (χ0v) is 30.9. The topological polar surface area (TPSA) is 117 Å². The summed E-state index contributed by atoms with van der Waals surface area (Å²) in [7, 11) is 0. The summed E-state index contributed by atoms with van der Waals surface area (Å²) in [6.45, 7) is 2.52. The van der Waals surface area contributed by atoms with E-state index in [1.165, 1.54) is 31.0 Å². The van der Waals surface area contributed by atoms with Gasteiger partial charge in [0.05, 0.1) is 24.4 Å². The van der Waals surface area contributed by atoms with Gasteiger partial charge in [0.15, 0.2) is 6.29 Å². The molecule has 4 bridgehead atoms. The van der Waals surface area contributed by atoms with Gasteiger partial charge in [0, 0.05) is 34.2 Å². The largest absolute Gasteiger partial charge is 0.478 e. The van der Waals surface area contributed by atoms with Gasteiger partial charge >= 0.3 is 12.0 Å². The fraction of sp³-hybridized carbons (Fsp3) is 0.409. The van der Waals surface area contributed by atoms with E-state index < -0.39 is 12.3 Å². The van der Waals surface area contributed by atoms with Crippen LogP contribution in [0.3, 0.4) is 0 Å². The summed E-state index contributed by atoms with van der Waals surface area (Å²) in [5.41, 5.74) is 6.03. The van der Waals surface area contributed by atoms with Crippen molar-refractivity contribution in [1.29, 1.82) is 0 Å². The lowest BCUT2D eigenvalue weighted by atomic mass is 9.53. The number of aliphatic hydroxyl groups is 1. The first-order valence-corrected chi connectivity index (χ1v) is 19.9. The number of carbonyl (C=O) groups excluding carboxylic acids is 1. The van der Waals surface area contributed by atoms with Crippen molar-refractivity contribution in [3.8, 4) is 11.1 Å². The highest BCUT2D eigenvalue weighted by Crippen LogP contribution is 2.55. The maximum absolute atomic E-state index is 13.2. The molecule has 4 aliphatic carbocycles. The number of rotatable bonds is 11. The smallest absolute Gasteiger partial charge is 0.336 e. The van der Waals surface area contributed by atoms with Crippen molar-refractivity contribution in [3.05, 3.63) is 125 Å². The van der Waals surface area contributed by atoms with Gasteiger partial charge in [0.25, 0.3) is 0 Å². The predicted octanol–water partition coefficient (Wildman–Crippen LogP) is 8.90. The molecule has 0 aromatic heterocycles. The van der Waals surface area contributed by atoms with Crippen LogP contribution in [-0.2, 0) is 22.6 Å². The fourth-order valence-electron chi connectivity index (χ4n) is 9.71. The number of benzene rings is 4. The first-order chi connectivity index (χ1) is 25.7.